The van der Waals surface area contributed by atoms with Crippen molar-refractivity contribution < 1.29 is 46.0 Å². The number of hydrogen-bond donors (Lipinski definition) is 2. The molecule has 2 N–H and O–H groups in total. The largest absolute Gasteiger partial charge is 1.00 e. The summed E-state index contributed by atoms with van der Waals surface area (Å²) >= 11 is 0. The maximum Gasteiger partial charge on any atom is 1.00 e. The molecule has 0 aliphatic carbocycles. The molecule has 0 rings (SSSR count). The summed E-state index contributed by atoms with van der Waals surface area (Å²) in [6, 6.07) is 0. The first-order valence-electron chi connectivity index (χ1n) is 1.55. The molecule has 0 aliphatic rings. The third kappa shape index (κ3) is 6.59. The minimum absolute atomic E-state index is 0. The zero-order valence-electron chi connectivity index (χ0n) is 5.16. The number of aldehydes is 1. The Morgan fingerprint density at radius 2 is 2.29 bits per heavy atom. The van der Waals surface area contributed by atoms with Crippen LogP contribution in [-0.2, 0) is 4.79 Å². The molecule has 4 heteroatoms. The molecular weight excluding hydrogens is 107 g/mol. The van der Waals surface area contributed by atoms with E-state index in [1.54, 1.807) is 0 Å². The summed E-state index contributed by atoms with van der Waals surface area (Å²) in [7, 11) is 0. The van der Waals surface area contributed by atoms with Gasteiger partial charge in [0, 0.05) is 0 Å². The van der Waals surface area contributed by atoms with Crippen molar-refractivity contribution in [2.45, 2.75) is 6.10 Å². The van der Waals surface area contributed by atoms with Crippen LogP contribution in [0.2, 0.25) is 0 Å². The standard InChI is InChI=1S/C3H6O3.Na.H/c4-1-3(6)2-5;;/h1,3,5-6H,2H2;;/q;+1;-1. The van der Waals surface area contributed by atoms with E-state index >= 15 is 0 Å². The number of rotatable bonds is 2. The normalized spacial score (nSPS) is 11.7. The topological polar surface area (TPSA) is 57.5 Å². The second-order valence-electron chi connectivity index (χ2n) is 0.886. The molecule has 38 valence electrons. The van der Waals surface area contributed by atoms with Crippen molar-refractivity contribution in [1.82, 2.24) is 0 Å². The molecule has 0 aromatic carbocycles. The average molecular weight is 114 g/mol. The Morgan fingerprint density at radius 3 is 2.29 bits per heavy atom. The van der Waals surface area contributed by atoms with Crippen molar-refractivity contribution in [2.24, 2.45) is 0 Å². The van der Waals surface area contributed by atoms with Gasteiger partial charge in [-0.15, -0.1) is 0 Å². The Kier molecular flexibility index (Phi) is 9.93. The number of aliphatic hydroxyl groups excluding tert-OH is 2. The van der Waals surface area contributed by atoms with E-state index in [0.717, 1.165) is 0 Å². The van der Waals surface area contributed by atoms with Gasteiger partial charge < -0.3 is 16.4 Å². The van der Waals surface area contributed by atoms with Crippen molar-refractivity contribution in [2.75, 3.05) is 6.61 Å². The smallest absolute Gasteiger partial charge is 1.00 e. The van der Waals surface area contributed by atoms with Gasteiger partial charge >= 0.3 is 29.6 Å². The second-order valence-corrected chi connectivity index (χ2v) is 0.886. The first kappa shape index (κ1) is 10.5. The van der Waals surface area contributed by atoms with Crippen LogP contribution in [0, 0.1) is 0 Å². The van der Waals surface area contributed by atoms with E-state index in [-0.39, 0.29) is 37.3 Å². The number of carbonyl (C=O) groups is 1. The van der Waals surface area contributed by atoms with E-state index in [2.05, 4.69) is 0 Å². The van der Waals surface area contributed by atoms with E-state index in [0.29, 0.717) is 0 Å². The van der Waals surface area contributed by atoms with Crippen molar-refractivity contribution >= 4 is 6.29 Å². The Bertz CT molecular complexity index is 51.8. The van der Waals surface area contributed by atoms with Crippen LogP contribution in [-0.4, -0.2) is 29.2 Å². The first-order chi connectivity index (χ1) is 2.81. The molecule has 0 fully saturated rings. The van der Waals surface area contributed by atoms with E-state index in [9.17, 15) is 4.79 Å². The van der Waals surface area contributed by atoms with E-state index < -0.39 is 12.7 Å². The fourth-order valence-electron chi connectivity index (χ4n) is 0.0430. The van der Waals surface area contributed by atoms with Crippen molar-refractivity contribution in [3.05, 3.63) is 0 Å². The predicted molar refractivity (Wildman–Crippen MR) is 20.3 cm³/mol. The second kappa shape index (κ2) is 6.59. The summed E-state index contributed by atoms with van der Waals surface area (Å²) in [6.45, 7) is -0.483. The number of aliphatic hydroxyl groups is 2. The Labute approximate surface area is 65.1 Å². The van der Waals surface area contributed by atoms with Crippen molar-refractivity contribution in [3.63, 3.8) is 0 Å². The summed E-state index contributed by atoms with van der Waals surface area (Å²) in [5.74, 6) is 0. The van der Waals surface area contributed by atoms with Gasteiger partial charge in [-0.25, -0.2) is 0 Å². The van der Waals surface area contributed by atoms with Gasteiger partial charge in [0.1, 0.15) is 6.10 Å². The molecule has 0 aromatic heterocycles. The third-order valence-electron chi connectivity index (χ3n) is 0.344. The van der Waals surface area contributed by atoms with Gasteiger partial charge in [-0.3, -0.25) is 0 Å². The van der Waals surface area contributed by atoms with Gasteiger partial charge in [0.2, 0.25) is 0 Å². The van der Waals surface area contributed by atoms with Crippen LogP contribution in [0.5, 0.6) is 0 Å². The number of carbonyl (C=O) groups excluding carboxylic acids is 1. The molecule has 0 spiro atoms. The Hall–Kier alpha value is 0.590. The Balaban J connectivity index is -0.000000125. The van der Waals surface area contributed by atoms with Gasteiger partial charge in [0.05, 0.1) is 6.61 Å². The molecule has 0 amide bonds. The minimum atomic E-state index is -1.19. The van der Waals surface area contributed by atoms with Crippen molar-refractivity contribution in [1.29, 1.82) is 0 Å². The first-order valence-corrected chi connectivity index (χ1v) is 1.55. The summed E-state index contributed by atoms with van der Waals surface area (Å²) in [6.07, 6.45) is -0.912. The molecule has 0 aromatic rings. The molecule has 0 saturated carbocycles. The summed E-state index contributed by atoms with van der Waals surface area (Å²) < 4.78 is 0. The van der Waals surface area contributed by atoms with E-state index in [1.807, 2.05) is 0 Å². The zero-order valence-corrected chi connectivity index (χ0v) is 6.16. The average Bonchev–Trinajstić information content (AvgIpc) is 1.65. The fourth-order valence-corrected chi connectivity index (χ4v) is 0.0430. The van der Waals surface area contributed by atoms with Gasteiger partial charge in [0.25, 0.3) is 0 Å². The van der Waals surface area contributed by atoms with Gasteiger partial charge in [0.15, 0.2) is 6.29 Å². The Morgan fingerprint density at radius 1 is 1.86 bits per heavy atom. The molecule has 0 saturated heterocycles. The van der Waals surface area contributed by atoms with Crippen molar-refractivity contribution in [3.8, 4) is 0 Å². The minimum Gasteiger partial charge on any atom is -1.00 e. The van der Waals surface area contributed by atoms with E-state index in [1.165, 1.54) is 0 Å². The molecule has 1 unspecified atom stereocenters. The van der Waals surface area contributed by atoms with Crippen LogP contribution >= 0.6 is 0 Å². The van der Waals surface area contributed by atoms with Crippen LogP contribution in [0.3, 0.4) is 0 Å². The molecular formula is C3H7NaO3. The molecule has 0 aliphatic heterocycles. The van der Waals surface area contributed by atoms with Crippen LogP contribution in [0.25, 0.3) is 0 Å². The van der Waals surface area contributed by atoms with Crippen LogP contribution < -0.4 is 29.6 Å². The molecule has 0 radical (unpaired) electrons. The van der Waals surface area contributed by atoms with Gasteiger partial charge in [-0.05, 0) is 0 Å². The van der Waals surface area contributed by atoms with E-state index in [4.69, 9.17) is 10.2 Å². The number of hydrogen-bond acceptors (Lipinski definition) is 3. The maximum absolute atomic E-state index is 9.33. The molecule has 0 heterocycles. The quantitative estimate of drug-likeness (QED) is 0.282. The molecule has 1 atom stereocenters. The molecule has 0 bridgehead atoms. The summed E-state index contributed by atoms with van der Waals surface area (Å²) in [5.41, 5.74) is 0. The summed E-state index contributed by atoms with van der Waals surface area (Å²) in [4.78, 5) is 9.33. The van der Waals surface area contributed by atoms with Gasteiger partial charge in [-0.2, -0.15) is 0 Å². The molecule has 3 nitrogen and oxygen atoms in total. The third-order valence-corrected chi connectivity index (χ3v) is 0.344. The molecule has 7 heavy (non-hydrogen) atoms. The van der Waals surface area contributed by atoms with Crippen LogP contribution in [0.4, 0.5) is 0 Å². The monoisotopic (exact) mass is 114 g/mol. The maximum atomic E-state index is 9.33. The van der Waals surface area contributed by atoms with Crippen LogP contribution in [0.15, 0.2) is 0 Å². The van der Waals surface area contributed by atoms with Crippen LogP contribution in [0.1, 0.15) is 1.43 Å². The fraction of sp³-hybridized carbons (Fsp3) is 0.667. The summed E-state index contributed by atoms with van der Waals surface area (Å²) in [5, 5.41) is 15.9. The SMILES string of the molecule is O=CC(O)CO.[H-].[Na+]. The zero-order chi connectivity index (χ0) is 4.99. The predicted octanol–water partition coefficient (Wildman–Crippen LogP) is -4.34. The van der Waals surface area contributed by atoms with Gasteiger partial charge in [-0.1, -0.05) is 0 Å².